The van der Waals surface area contributed by atoms with E-state index in [2.05, 4.69) is 4.90 Å². The number of benzene rings is 1. The Morgan fingerprint density at radius 1 is 1.14 bits per heavy atom. The van der Waals surface area contributed by atoms with Crippen LogP contribution in [0.3, 0.4) is 0 Å². The van der Waals surface area contributed by atoms with Crippen molar-refractivity contribution in [3.05, 3.63) is 29.8 Å². The van der Waals surface area contributed by atoms with Gasteiger partial charge in [-0.2, -0.15) is 4.31 Å². The molecular weight excluding hydrogens is 308 g/mol. The average Bonchev–Trinajstić information content (AvgIpc) is 3.32. The van der Waals surface area contributed by atoms with Crippen LogP contribution in [0.2, 0.25) is 0 Å². The summed E-state index contributed by atoms with van der Waals surface area (Å²) in [5.74, 6) is 1.19. The Bertz CT molecular complexity index is 593. The third-order valence-corrected chi connectivity index (χ3v) is 6.44. The summed E-state index contributed by atoms with van der Waals surface area (Å²) in [6.07, 6.45) is 2.67. The molecule has 1 aromatic carbocycles. The van der Waals surface area contributed by atoms with Crippen LogP contribution in [0.5, 0.6) is 0 Å². The van der Waals surface area contributed by atoms with E-state index in [-0.39, 0.29) is 0 Å². The lowest BCUT2D eigenvalue weighted by Crippen LogP contribution is -2.49. The molecule has 6 heteroatoms. The third kappa shape index (κ3) is 3.59. The first kappa shape index (κ1) is 15.3. The van der Waals surface area contributed by atoms with E-state index in [1.165, 1.54) is 12.8 Å². The van der Waals surface area contributed by atoms with Gasteiger partial charge in [0.2, 0.25) is 10.0 Å². The van der Waals surface area contributed by atoms with Gasteiger partial charge < -0.3 is 4.90 Å². The maximum absolute atomic E-state index is 12.7. The highest BCUT2D eigenvalue weighted by molar-refractivity contribution is 7.89. The van der Waals surface area contributed by atoms with Crippen LogP contribution in [-0.2, 0) is 15.9 Å². The first-order valence-electron chi connectivity index (χ1n) is 7.47. The standard InChI is InChI=1S/C15H21ClN2O2S/c16-11-14-2-1-3-15(10-14)21(19,20)18-8-6-17(7-9-18)12-13-4-5-13/h1-3,10,13H,4-9,11-12H2. The summed E-state index contributed by atoms with van der Waals surface area (Å²) in [5.41, 5.74) is 0.838. The van der Waals surface area contributed by atoms with E-state index >= 15 is 0 Å². The molecule has 21 heavy (non-hydrogen) atoms. The normalized spacial score (nSPS) is 21.6. The van der Waals surface area contributed by atoms with Crippen LogP contribution in [0.1, 0.15) is 18.4 Å². The quantitative estimate of drug-likeness (QED) is 0.778. The highest BCUT2D eigenvalue weighted by atomic mass is 35.5. The second kappa shape index (κ2) is 6.24. The predicted octanol–water partition coefficient (Wildman–Crippen LogP) is 2.14. The molecule has 0 aromatic heterocycles. The molecule has 1 aliphatic heterocycles. The second-order valence-corrected chi connectivity index (χ2v) is 8.13. The molecule has 116 valence electrons. The van der Waals surface area contributed by atoms with Crippen LogP contribution in [0, 0.1) is 5.92 Å². The Balaban J connectivity index is 1.67. The second-order valence-electron chi connectivity index (χ2n) is 5.93. The zero-order chi connectivity index (χ0) is 14.9. The van der Waals surface area contributed by atoms with E-state index in [0.29, 0.717) is 23.9 Å². The lowest BCUT2D eigenvalue weighted by Gasteiger charge is -2.34. The Morgan fingerprint density at radius 2 is 1.86 bits per heavy atom. The van der Waals surface area contributed by atoms with Gasteiger partial charge in [0.25, 0.3) is 0 Å². The van der Waals surface area contributed by atoms with Crippen LogP contribution < -0.4 is 0 Å². The summed E-state index contributed by atoms with van der Waals surface area (Å²) in [7, 11) is -3.38. The fraction of sp³-hybridized carbons (Fsp3) is 0.600. The van der Waals surface area contributed by atoms with Crippen molar-refractivity contribution in [2.75, 3.05) is 32.7 Å². The van der Waals surface area contributed by atoms with Crippen LogP contribution in [0.15, 0.2) is 29.2 Å². The first-order chi connectivity index (χ1) is 10.1. The minimum absolute atomic E-state index is 0.332. The van der Waals surface area contributed by atoms with Gasteiger partial charge in [0.1, 0.15) is 0 Å². The van der Waals surface area contributed by atoms with Gasteiger partial charge in [-0.3, -0.25) is 0 Å². The molecule has 1 saturated heterocycles. The van der Waals surface area contributed by atoms with E-state index < -0.39 is 10.0 Å². The maximum Gasteiger partial charge on any atom is 0.243 e. The molecule has 0 spiro atoms. The summed E-state index contributed by atoms with van der Waals surface area (Å²) in [6, 6.07) is 6.94. The molecule has 0 radical (unpaired) electrons. The smallest absolute Gasteiger partial charge is 0.243 e. The van der Waals surface area contributed by atoms with Crippen molar-refractivity contribution in [1.29, 1.82) is 0 Å². The van der Waals surface area contributed by atoms with Gasteiger partial charge in [-0.05, 0) is 36.5 Å². The third-order valence-electron chi connectivity index (χ3n) is 4.24. The molecule has 1 aromatic rings. The SMILES string of the molecule is O=S(=O)(c1cccc(CCl)c1)N1CCN(CC2CC2)CC1. The molecule has 3 rings (SSSR count). The molecular formula is C15H21ClN2O2S. The molecule has 0 atom stereocenters. The number of sulfonamides is 1. The van der Waals surface area contributed by atoms with E-state index in [4.69, 9.17) is 11.6 Å². The van der Waals surface area contributed by atoms with Gasteiger partial charge in [-0.1, -0.05) is 12.1 Å². The highest BCUT2D eigenvalue weighted by Gasteiger charge is 2.31. The van der Waals surface area contributed by atoms with Crippen LogP contribution in [-0.4, -0.2) is 50.3 Å². The minimum Gasteiger partial charge on any atom is -0.300 e. The maximum atomic E-state index is 12.7. The molecule has 1 aliphatic carbocycles. The molecule has 1 heterocycles. The van der Waals surface area contributed by atoms with Gasteiger partial charge in [-0.25, -0.2) is 8.42 Å². The van der Waals surface area contributed by atoms with Crippen molar-refractivity contribution in [1.82, 2.24) is 9.21 Å². The number of nitrogens with zero attached hydrogens (tertiary/aromatic N) is 2. The lowest BCUT2D eigenvalue weighted by atomic mass is 10.2. The summed E-state index contributed by atoms with van der Waals surface area (Å²) < 4.78 is 26.9. The number of hydrogen-bond acceptors (Lipinski definition) is 3. The molecule has 2 aliphatic rings. The summed E-state index contributed by atoms with van der Waals surface area (Å²) in [6.45, 7) is 3.98. The summed E-state index contributed by atoms with van der Waals surface area (Å²) in [5, 5.41) is 0. The number of halogens is 1. The van der Waals surface area contributed by atoms with Gasteiger partial charge >= 0.3 is 0 Å². The van der Waals surface area contributed by atoms with Gasteiger partial charge in [0, 0.05) is 38.6 Å². The topological polar surface area (TPSA) is 40.6 Å². The van der Waals surface area contributed by atoms with E-state index in [1.807, 2.05) is 6.07 Å². The first-order valence-corrected chi connectivity index (χ1v) is 9.44. The largest absolute Gasteiger partial charge is 0.300 e. The van der Waals surface area contributed by atoms with Crippen molar-refractivity contribution in [3.8, 4) is 0 Å². The Labute approximate surface area is 131 Å². The molecule has 4 nitrogen and oxygen atoms in total. The van der Waals surface area contributed by atoms with E-state index in [0.717, 1.165) is 31.1 Å². The van der Waals surface area contributed by atoms with Crippen LogP contribution in [0.25, 0.3) is 0 Å². The van der Waals surface area contributed by atoms with Crippen molar-refractivity contribution in [2.45, 2.75) is 23.6 Å². The monoisotopic (exact) mass is 328 g/mol. The highest BCUT2D eigenvalue weighted by Crippen LogP contribution is 2.30. The zero-order valence-corrected chi connectivity index (χ0v) is 13.6. The number of hydrogen-bond donors (Lipinski definition) is 0. The molecule has 0 unspecified atom stereocenters. The van der Waals surface area contributed by atoms with Crippen molar-refractivity contribution in [3.63, 3.8) is 0 Å². The predicted molar refractivity (Wildman–Crippen MR) is 83.9 cm³/mol. The fourth-order valence-corrected chi connectivity index (χ4v) is 4.42. The molecule has 1 saturated carbocycles. The average molecular weight is 329 g/mol. The van der Waals surface area contributed by atoms with Crippen molar-refractivity contribution < 1.29 is 8.42 Å². The summed E-state index contributed by atoms with van der Waals surface area (Å²) >= 11 is 5.79. The van der Waals surface area contributed by atoms with Gasteiger partial charge in [0.05, 0.1) is 4.90 Å². The number of rotatable bonds is 5. The van der Waals surface area contributed by atoms with Crippen molar-refractivity contribution >= 4 is 21.6 Å². The lowest BCUT2D eigenvalue weighted by molar-refractivity contribution is 0.182. The number of alkyl halides is 1. The molecule has 0 bridgehead atoms. The molecule has 2 fully saturated rings. The summed E-state index contributed by atoms with van der Waals surface area (Å²) in [4.78, 5) is 2.75. The Kier molecular flexibility index (Phi) is 4.54. The Hall–Kier alpha value is -0.620. The van der Waals surface area contributed by atoms with Crippen LogP contribution in [0.4, 0.5) is 0 Å². The zero-order valence-electron chi connectivity index (χ0n) is 12.0. The molecule has 0 amide bonds. The molecule has 0 N–H and O–H groups in total. The van der Waals surface area contributed by atoms with Crippen molar-refractivity contribution in [2.24, 2.45) is 5.92 Å². The van der Waals surface area contributed by atoms with E-state index in [1.54, 1.807) is 22.5 Å². The van der Waals surface area contributed by atoms with E-state index in [9.17, 15) is 8.42 Å². The van der Waals surface area contributed by atoms with Gasteiger partial charge in [0.15, 0.2) is 0 Å². The van der Waals surface area contributed by atoms with Crippen LogP contribution >= 0.6 is 11.6 Å². The fourth-order valence-electron chi connectivity index (χ4n) is 2.76. The number of piperazine rings is 1. The Morgan fingerprint density at radius 3 is 2.48 bits per heavy atom. The minimum atomic E-state index is -3.38. The van der Waals surface area contributed by atoms with Gasteiger partial charge in [-0.15, -0.1) is 11.6 Å².